The number of esters is 1. The van der Waals surface area contributed by atoms with Gasteiger partial charge in [0, 0.05) is 5.02 Å². The zero-order chi connectivity index (χ0) is 23.5. The molecule has 4 rings (SSSR count). The number of nitrogens with zero attached hydrogens (tertiary/aromatic N) is 2. The number of hydrogen-bond donors (Lipinski definition) is 0. The molecule has 3 aromatic rings. The van der Waals surface area contributed by atoms with Gasteiger partial charge in [0.25, 0.3) is 11.8 Å². The highest BCUT2D eigenvalue weighted by Crippen LogP contribution is 2.26. The normalized spacial score (nSPS) is 14.0. The van der Waals surface area contributed by atoms with Crippen molar-refractivity contribution in [2.45, 2.75) is 13.0 Å². The SMILES string of the molecule is CC(C(=O)Oc1ccc(/C=C(/C#N)c2ccc(Cl)cc2)cc1)N1C(=O)c2ccccc2C1=O. The van der Waals surface area contributed by atoms with E-state index < -0.39 is 23.8 Å². The lowest BCUT2D eigenvalue weighted by atomic mass is 10.0. The first-order valence-corrected chi connectivity index (χ1v) is 10.4. The second-order valence-corrected chi connectivity index (χ2v) is 7.81. The molecule has 0 aromatic heterocycles. The summed E-state index contributed by atoms with van der Waals surface area (Å²) in [5.74, 6) is -1.52. The summed E-state index contributed by atoms with van der Waals surface area (Å²) in [4.78, 5) is 38.7. The van der Waals surface area contributed by atoms with Crippen LogP contribution in [0.4, 0.5) is 0 Å². The van der Waals surface area contributed by atoms with Gasteiger partial charge in [-0.3, -0.25) is 14.5 Å². The third kappa shape index (κ3) is 4.40. The van der Waals surface area contributed by atoms with Crippen LogP contribution in [0.15, 0.2) is 72.8 Å². The molecule has 0 radical (unpaired) electrons. The van der Waals surface area contributed by atoms with Crippen LogP contribution in [-0.2, 0) is 4.79 Å². The van der Waals surface area contributed by atoms with E-state index in [0.29, 0.717) is 10.6 Å². The fourth-order valence-electron chi connectivity index (χ4n) is 3.47. The maximum atomic E-state index is 12.6. The maximum absolute atomic E-state index is 12.6. The van der Waals surface area contributed by atoms with Crippen molar-refractivity contribution in [3.8, 4) is 11.8 Å². The minimum atomic E-state index is -1.09. The first kappa shape index (κ1) is 22.0. The number of imide groups is 1. The molecule has 162 valence electrons. The number of ether oxygens (including phenoxy) is 1. The van der Waals surface area contributed by atoms with Crippen molar-refractivity contribution in [1.82, 2.24) is 4.90 Å². The number of rotatable bonds is 5. The van der Waals surface area contributed by atoms with E-state index in [1.807, 2.05) is 0 Å². The molecular weight excluding hydrogens is 440 g/mol. The number of carbonyl (C=O) groups is 3. The van der Waals surface area contributed by atoms with Crippen LogP contribution in [0, 0.1) is 11.3 Å². The summed E-state index contributed by atoms with van der Waals surface area (Å²) in [6.07, 6.45) is 1.70. The second-order valence-electron chi connectivity index (χ2n) is 7.37. The molecule has 0 saturated heterocycles. The lowest BCUT2D eigenvalue weighted by molar-refractivity contribution is -0.138. The predicted octanol–water partition coefficient (Wildman–Crippen LogP) is 4.99. The zero-order valence-electron chi connectivity index (χ0n) is 17.5. The standard InChI is InChI=1S/C26H17ClN2O4/c1-16(29-24(30)22-4-2-3-5-23(22)25(29)31)26(32)33-21-12-6-17(7-13-21)14-19(15-28)18-8-10-20(27)11-9-18/h2-14,16H,1H3/b19-14-. The Kier molecular flexibility index (Phi) is 6.07. The number of fused-ring (bicyclic) bond motifs is 1. The highest BCUT2D eigenvalue weighted by atomic mass is 35.5. The van der Waals surface area contributed by atoms with E-state index in [-0.39, 0.29) is 16.9 Å². The van der Waals surface area contributed by atoms with E-state index in [9.17, 15) is 19.6 Å². The van der Waals surface area contributed by atoms with Crippen molar-refractivity contribution >= 4 is 41.0 Å². The molecule has 0 spiro atoms. The molecule has 1 unspecified atom stereocenters. The number of hydrogen-bond acceptors (Lipinski definition) is 5. The van der Waals surface area contributed by atoms with E-state index in [4.69, 9.17) is 16.3 Å². The Morgan fingerprint density at radius 3 is 2.09 bits per heavy atom. The molecule has 0 aliphatic carbocycles. The topological polar surface area (TPSA) is 87.5 Å². The highest BCUT2D eigenvalue weighted by molar-refractivity contribution is 6.30. The molecule has 2 amide bonds. The van der Waals surface area contributed by atoms with Crippen LogP contribution in [-0.4, -0.2) is 28.7 Å². The average molecular weight is 457 g/mol. The van der Waals surface area contributed by atoms with E-state index >= 15 is 0 Å². The number of halogens is 1. The number of benzene rings is 3. The van der Waals surface area contributed by atoms with Gasteiger partial charge in [-0.1, -0.05) is 48.0 Å². The minimum Gasteiger partial charge on any atom is -0.425 e. The number of allylic oxidation sites excluding steroid dienone is 1. The van der Waals surface area contributed by atoms with Gasteiger partial charge in [0.05, 0.1) is 22.8 Å². The van der Waals surface area contributed by atoms with Gasteiger partial charge in [-0.05, 0) is 60.5 Å². The highest BCUT2D eigenvalue weighted by Gasteiger charge is 2.41. The summed E-state index contributed by atoms with van der Waals surface area (Å²) < 4.78 is 5.38. The van der Waals surface area contributed by atoms with Gasteiger partial charge in [-0.15, -0.1) is 0 Å². The lowest BCUT2D eigenvalue weighted by Crippen LogP contribution is -2.44. The molecule has 7 heteroatoms. The van der Waals surface area contributed by atoms with Crippen molar-refractivity contribution in [1.29, 1.82) is 5.26 Å². The third-order valence-corrected chi connectivity index (χ3v) is 5.49. The summed E-state index contributed by atoms with van der Waals surface area (Å²) in [6, 6.07) is 21.0. The van der Waals surface area contributed by atoms with Gasteiger partial charge in [-0.25, -0.2) is 4.79 Å². The van der Waals surface area contributed by atoms with Crippen molar-refractivity contribution in [3.63, 3.8) is 0 Å². The Morgan fingerprint density at radius 2 is 1.55 bits per heavy atom. The fraction of sp³-hybridized carbons (Fsp3) is 0.0769. The Balaban J connectivity index is 1.46. The Morgan fingerprint density at radius 1 is 0.970 bits per heavy atom. The largest absolute Gasteiger partial charge is 0.425 e. The molecule has 3 aromatic carbocycles. The summed E-state index contributed by atoms with van der Waals surface area (Å²) in [6.45, 7) is 1.45. The fourth-order valence-corrected chi connectivity index (χ4v) is 3.60. The van der Waals surface area contributed by atoms with E-state index in [0.717, 1.165) is 16.0 Å². The maximum Gasteiger partial charge on any atom is 0.334 e. The van der Waals surface area contributed by atoms with Crippen LogP contribution in [0.5, 0.6) is 5.75 Å². The quantitative estimate of drug-likeness (QED) is 0.177. The molecule has 1 aliphatic rings. The minimum absolute atomic E-state index is 0.255. The first-order valence-electron chi connectivity index (χ1n) is 10.1. The summed E-state index contributed by atoms with van der Waals surface area (Å²) in [5.41, 5.74) is 2.46. The van der Waals surface area contributed by atoms with Crippen LogP contribution in [0.25, 0.3) is 11.6 Å². The van der Waals surface area contributed by atoms with Crippen LogP contribution >= 0.6 is 11.6 Å². The number of nitriles is 1. The summed E-state index contributed by atoms with van der Waals surface area (Å²) in [7, 11) is 0. The Bertz CT molecular complexity index is 1290. The smallest absolute Gasteiger partial charge is 0.334 e. The average Bonchev–Trinajstić information content (AvgIpc) is 3.09. The van der Waals surface area contributed by atoms with Crippen molar-refractivity contribution in [2.75, 3.05) is 0 Å². The number of carbonyl (C=O) groups excluding carboxylic acids is 3. The molecule has 0 fully saturated rings. The second kappa shape index (κ2) is 9.11. The van der Waals surface area contributed by atoms with Crippen molar-refractivity contribution in [3.05, 3.63) is 100 Å². The first-order chi connectivity index (χ1) is 15.9. The van der Waals surface area contributed by atoms with Crippen LogP contribution in [0.2, 0.25) is 5.02 Å². The monoisotopic (exact) mass is 456 g/mol. The van der Waals surface area contributed by atoms with Gasteiger partial charge in [0.15, 0.2) is 0 Å². The zero-order valence-corrected chi connectivity index (χ0v) is 18.2. The van der Waals surface area contributed by atoms with Gasteiger partial charge >= 0.3 is 5.97 Å². The molecule has 0 saturated carbocycles. The lowest BCUT2D eigenvalue weighted by Gasteiger charge is -2.20. The van der Waals surface area contributed by atoms with Crippen LogP contribution in [0.3, 0.4) is 0 Å². The molecule has 1 aliphatic heterocycles. The van der Waals surface area contributed by atoms with Gasteiger partial charge in [0.2, 0.25) is 0 Å². The Labute approximate surface area is 195 Å². The van der Waals surface area contributed by atoms with Gasteiger partial charge < -0.3 is 4.74 Å². The molecule has 33 heavy (non-hydrogen) atoms. The number of amides is 2. The molecular formula is C26H17ClN2O4. The molecule has 6 nitrogen and oxygen atoms in total. The van der Waals surface area contributed by atoms with Gasteiger partial charge in [0.1, 0.15) is 11.8 Å². The molecule has 0 bridgehead atoms. The Hall–Kier alpha value is -4.21. The molecule has 1 atom stereocenters. The van der Waals surface area contributed by atoms with E-state index in [1.54, 1.807) is 78.9 Å². The predicted molar refractivity (Wildman–Crippen MR) is 123 cm³/mol. The van der Waals surface area contributed by atoms with Crippen molar-refractivity contribution < 1.29 is 19.1 Å². The van der Waals surface area contributed by atoms with Crippen LogP contribution in [0.1, 0.15) is 38.8 Å². The van der Waals surface area contributed by atoms with Gasteiger partial charge in [-0.2, -0.15) is 5.26 Å². The molecule has 1 heterocycles. The van der Waals surface area contributed by atoms with Crippen LogP contribution < -0.4 is 4.74 Å². The van der Waals surface area contributed by atoms with E-state index in [1.165, 1.54) is 6.92 Å². The summed E-state index contributed by atoms with van der Waals surface area (Å²) >= 11 is 5.90. The summed E-state index contributed by atoms with van der Waals surface area (Å²) in [5, 5.41) is 10.1. The third-order valence-electron chi connectivity index (χ3n) is 5.24. The van der Waals surface area contributed by atoms with E-state index in [2.05, 4.69) is 6.07 Å². The van der Waals surface area contributed by atoms with Crippen molar-refractivity contribution in [2.24, 2.45) is 0 Å². The molecule has 0 N–H and O–H groups in total.